The van der Waals surface area contributed by atoms with E-state index in [9.17, 15) is 18.0 Å². The molecule has 1 unspecified atom stereocenters. The summed E-state index contributed by atoms with van der Waals surface area (Å²) in [6.07, 6.45) is 0.284. The molecule has 0 spiro atoms. The minimum atomic E-state index is -3.83. The molecule has 0 fully saturated rings. The summed E-state index contributed by atoms with van der Waals surface area (Å²) >= 11 is 0. The van der Waals surface area contributed by atoms with Gasteiger partial charge in [-0.15, -0.1) is 0 Å². The van der Waals surface area contributed by atoms with E-state index in [-0.39, 0.29) is 28.9 Å². The maximum absolute atomic E-state index is 13.2. The minimum absolute atomic E-state index is 0.0176. The summed E-state index contributed by atoms with van der Waals surface area (Å²) in [5.74, 6) is -0.357. The summed E-state index contributed by atoms with van der Waals surface area (Å²) in [7, 11) is -3.83. The van der Waals surface area contributed by atoms with Gasteiger partial charge in [-0.2, -0.15) is 4.31 Å². The van der Waals surface area contributed by atoms with Crippen molar-refractivity contribution >= 4 is 27.5 Å². The maximum atomic E-state index is 13.2. The lowest BCUT2D eigenvalue weighted by Gasteiger charge is -2.22. The van der Waals surface area contributed by atoms with Crippen molar-refractivity contribution in [1.82, 2.24) is 9.62 Å². The Balaban J connectivity index is 2.40. The van der Waals surface area contributed by atoms with Gasteiger partial charge in [0, 0.05) is 25.2 Å². The van der Waals surface area contributed by atoms with Crippen LogP contribution in [-0.4, -0.2) is 44.2 Å². The van der Waals surface area contributed by atoms with Gasteiger partial charge in [0.2, 0.25) is 15.9 Å². The van der Waals surface area contributed by atoms with Gasteiger partial charge in [-0.05, 0) is 36.6 Å². The molecule has 0 saturated carbocycles. The zero-order chi connectivity index (χ0) is 25.3. The Kier molecular flexibility index (Phi) is 10.1. The van der Waals surface area contributed by atoms with Crippen LogP contribution in [0.2, 0.25) is 0 Å². The van der Waals surface area contributed by atoms with Crippen LogP contribution in [0.4, 0.5) is 5.69 Å². The molecule has 8 nitrogen and oxygen atoms in total. The van der Waals surface area contributed by atoms with Gasteiger partial charge in [-0.25, -0.2) is 8.42 Å². The van der Waals surface area contributed by atoms with E-state index in [1.807, 2.05) is 19.9 Å². The molecule has 0 aromatic heterocycles. The highest BCUT2D eigenvalue weighted by Crippen LogP contribution is 2.30. The van der Waals surface area contributed by atoms with Crippen molar-refractivity contribution in [2.75, 3.05) is 25.0 Å². The first-order chi connectivity index (χ1) is 16.1. The van der Waals surface area contributed by atoms with Crippen LogP contribution in [0.25, 0.3) is 0 Å². The first kappa shape index (κ1) is 27.3. The van der Waals surface area contributed by atoms with Gasteiger partial charge in [0.25, 0.3) is 5.91 Å². The second-order valence-electron chi connectivity index (χ2n) is 8.18. The van der Waals surface area contributed by atoms with Crippen LogP contribution in [0.15, 0.2) is 53.4 Å². The monoisotopic (exact) mass is 489 g/mol. The molecule has 0 heterocycles. The number of anilines is 1. The van der Waals surface area contributed by atoms with E-state index in [1.165, 1.54) is 16.4 Å². The molecule has 0 saturated heterocycles. The second-order valence-corrected chi connectivity index (χ2v) is 10.1. The number of carbonyl (C=O) groups is 2. The van der Waals surface area contributed by atoms with Gasteiger partial charge >= 0.3 is 0 Å². The van der Waals surface area contributed by atoms with Crippen LogP contribution in [0.1, 0.15) is 52.6 Å². The third kappa shape index (κ3) is 7.04. The highest BCUT2D eigenvalue weighted by molar-refractivity contribution is 7.89. The average molecular weight is 490 g/mol. The quantitative estimate of drug-likeness (QED) is 0.470. The van der Waals surface area contributed by atoms with Crippen molar-refractivity contribution in [1.29, 1.82) is 0 Å². The molecule has 0 bridgehead atoms. The standard InChI is InChI=1S/C25H35N3O5S/c1-6-28(7-2)34(31,32)22-17-20(14-15-21(22)33-8-3)26-25(30)24(19-12-10-9-11-13-19)27-23(29)16-18(4)5/h9-15,17-18,24H,6-8,16H2,1-5H3,(H,26,30)(H,27,29). The molecule has 0 radical (unpaired) electrons. The first-order valence-electron chi connectivity index (χ1n) is 11.6. The predicted molar refractivity (Wildman–Crippen MR) is 133 cm³/mol. The van der Waals surface area contributed by atoms with Crippen LogP contribution in [0, 0.1) is 5.92 Å². The van der Waals surface area contributed by atoms with E-state index in [0.717, 1.165) is 0 Å². The Bertz CT molecular complexity index is 1070. The fourth-order valence-electron chi connectivity index (χ4n) is 3.52. The molecule has 2 rings (SSSR count). The van der Waals surface area contributed by atoms with Gasteiger partial charge in [0.05, 0.1) is 6.61 Å². The molecule has 0 aliphatic carbocycles. The van der Waals surface area contributed by atoms with E-state index in [0.29, 0.717) is 30.9 Å². The van der Waals surface area contributed by atoms with Crippen molar-refractivity contribution in [3.05, 3.63) is 54.1 Å². The van der Waals surface area contributed by atoms with Gasteiger partial charge in [0.1, 0.15) is 16.7 Å². The molecule has 0 aliphatic heterocycles. The van der Waals surface area contributed by atoms with Gasteiger partial charge in [-0.1, -0.05) is 58.0 Å². The fourth-order valence-corrected chi connectivity index (χ4v) is 5.13. The SMILES string of the molecule is CCOc1ccc(NC(=O)C(NC(=O)CC(C)C)c2ccccc2)cc1S(=O)(=O)N(CC)CC. The van der Waals surface area contributed by atoms with E-state index in [4.69, 9.17) is 4.74 Å². The Labute approximate surface area is 202 Å². The number of nitrogens with zero attached hydrogens (tertiary/aromatic N) is 1. The van der Waals surface area contributed by atoms with Gasteiger partial charge in [-0.3, -0.25) is 9.59 Å². The summed E-state index contributed by atoms with van der Waals surface area (Å²) in [5, 5.41) is 5.56. The smallest absolute Gasteiger partial charge is 0.251 e. The average Bonchev–Trinajstić information content (AvgIpc) is 2.79. The number of benzene rings is 2. The molecular weight excluding hydrogens is 454 g/mol. The van der Waals surface area contributed by atoms with Crippen molar-refractivity contribution in [3.8, 4) is 5.75 Å². The zero-order valence-corrected chi connectivity index (χ0v) is 21.3. The number of hydrogen-bond acceptors (Lipinski definition) is 5. The number of sulfonamides is 1. The van der Waals surface area contributed by atoms with Crippen LogP contribution in [0.5, 0.6) is 5.75 Å². The minimum Gasteiger partial charge on any atom is -0.492 e. The lowest BCUT2D eigenvalue weighted by molar-refractivity contribution is -0.127. The molecule has 2 aromatic carbocycles. The normalized spacial score (nSPS) is 12.4. The second kappa shape index (κ2) is 12.5. The number of rotatable bonds is 12. The Hall–Kier alpha value is -2.91. The number of ether oxygens (including phenoxy) is 1. The number of hydrogen-bond donors (Lipinski definition) is 2. The summed E-state index contributed by atoms with van der Waals surface area (Å²) in [6, 6.07) is 12.5. The molecular formula is C25H35N3O5S. The lowest BCUT2D eigenvalue weighted by atomic mass is 10.0. The van der Waals surface area contributed by atoms with Crippen LogP contribution in [-0.2, 0) is 19.6 Å². The molecule has 186 valence electrons. The summed E-state index contributed by atoms with van der Waals surface area (Å²) < 4.78 is 33.3. The Morgan fingerprint density at radius 2 is 1.65 bits per heavy atom. The van der Waals surface area contributed by atoms with Gasteiger partial charge < -0.3 is 15.4 Å². The maximum Gasteiger partial charge on any atom is 0.251 e. The molecule has 2 amide bonds. The van der Waals surface area contributed by atoms with Gasteiger partial charge in [0.15, 0.2) is 0 Å². The van der Waals surface area contributed by atoms with Crippen molar-refractivity contribution in [2.45, 2.75) is 52.0 Å². The van der Waals surface area contributed by atoms with Crippen molar-refractivity contribution < 1.29 is 22.7 Å². The molecule has 1 atom stereocenters. The van der Waals surface area contributed by atoms with Crippen LogP contribution in [0.3, 0.4) is 0 Å². The number of nitrogens with one attached hydrogen (secondary N) is 2. The van der Waals surface area contributed by atoms with E-state index < -0.39 is 22.0 Å². The third-order valence-corrected chi connectivity index (χ3v) is 7.20. The number of amides is 2. The first-order valence-corrected chi connectivity index (χ1v) is 13.0. The third-order valence-electron chi connectivity index (χ3n) is 5.13. The predicted octanol–water partition coefficient (Wildman–Crippen LogP) is 3.96. The van der Waals surface area contributed by atoms with E-state index in [1.54, 1.807) is 51.1 Å². The van der Waals surface area contributed by atoms with Crippen molar-refractivity contribution in [2.24, 2.45) is 5.92 Å². The topological polar surface area (TPSA) is 105 Å². The molecule has 2 aromatic rings. The highest BCUT2D eigenvalue weighted by atomic mass is 32.2. The Morgan fingerprint density at radius 3 is 2.21 bits per heavy atom. The van der Waals surface area contributed by atoms with Crippen molar-refractivity contribution in [3.63, 3.8) is 0 Å². The highest BCUT2D eigenvalue weighted by Gasteiger charge is 2.28. The van der Waals surface area contributed by atoms with E-state index >= 15 is 0 Å². The molecule has 9 heteroatoms. The fraction of sp³-hybridized carbons (Fsp3) is 0.440. The van der Waals surface area contributed by atoms with Crippen LogP contribution >= 0.6 is 0 Å². The van der Waals surface area contributed by atoms with E-state index in [2.05, 4.69) is 10.6 Å². The van der Waals surface area contributed by atoms with Crippen LogP contribution < -0.4 is 15.4 Å². The molecule has 0 aliphatic rings. The zero-order valence-electron chi connectivity index (χ0n) is 20.5. The largest absolute Gasteiger partial charge is 0.492 e. The number of carbonyl (C=O) groups excluding carboxylic acids is 2. The summed E-state index contributed by atoms with van der Waals surface area (Å²) in [5.41, 5.74) is 0.914. The lowest BCUT2D eigenvalue weighted by Crippen LogP contribution is -2.37. The molecule has 34 heavy (non-hydrogen) atoms. The summed E-state index contributed by atoms with van der Waals surface area (Å²) in [4.78, 5) is 25.7. The Morgan fingerprint density at radius 1 is 1.00 bits per heavy atom. The summed E-state index contributed by atoms with van der Waals surface area (Å²) in [6.45, 7) is 10.1. The molecule has 2 N–H and O–H groups in total.